The number of amides is 2. The maximum Gasteiger partial charge on any atom is 0.338 e. The minimum atomic E-state index is -0.627. The van der Waals surface area contributed by atoms with Crippen LogP contribution in [-0.2, 0) is 16.0 Å². The van der Waals surface area contributed by atoms with E-state index in [2.05, 4.69) is 5.32 Å². The second-order valence-corrected chi connectivity index (χ2v) is 6.92. The van der Waals surface area contributed by atoms with E-state index in [9.17, 15) is 9.59 Å². The zero-order chi connectivity index (χ0) is 20.4. The van der Waals surface area contributed by atoms with Gasteiger partial charge in [-0.2, -0.15) is 0 Å². The molecule has 2 aromatic carbocycles. The highest BCUT2D eigenvalue weighted by atomic mass is 16.7. The number of nitrogens with one attached hydrogen (secondary N) is 1. The van der Waals surface area contributed by atoms with Crippen molar-refractivity contribution in [1.82, 2.24) is 10.2 Å². The van der Waals surface area contributed by atoms with E-state index in [0.29, 0.717) is 29.2 Å². The van der Waals surface area contributed by atoms with Gasteiger partial charge < -0.3 is 24.4 Å². The van der Waals surface area contributed by atoms with E-state index in [-0.39, 0.29) is 19.4 Å². The number of hydrogen-bond donors (Lipinski definition) is 1. The molecule has 0 bridgehead atoms. The fourth-order valence-corrected chi connectivity index (χ4v) is 3.43. The van der Waals surface area contributed by atoms with Crippen LogP contribution in [0.2, 0.25) is 0 Å². The van der Waals surface area contributed by atoms with Gasteiger partial charge in [0.2, 0.25) is 6.79 Å². The third-order valence-electron chi connectivity index (χ3n) is 5.17. The molecular formula is C22H22N2O5. The number of ether oxygens (including phenoxy) is 3. The number of carbonyl (C=O) groups excluding carboxylic acids is 2. The zero-order valence-corrected chi connectivity index (χ0v) is 16.3. The molecule has 0 spiro atoms. The van der Waals surface area contributed by atoms with Gasteiger partial charge in [-0.05, 0) is 30.2 Å². The van der Waals surface area contributed by atoms with E-state index in [1.54, 1.807) is 26.1 Å². The van der Waals surface area contributed by atoms with E-state index in [0.717, 1.165) is 11.1 Å². The molecule has 150 valence electrons. The van der Waals surface area contributed by atoms with Crippen molar-refractivity contribution in [2.75, 3.05) is 20.4 Å². The molecule has 29 heavy (non-hydrogen) atoms. The topological polar surface area (TPSA) is 77.1 Å². The summed E-state index contributed by atoms with van der Waals surface area (Å²) in [5, 5.41) is 2.88. The highest BCUT2D eigenvalue weighted by Crippen LogP contribution is 2.37. The lowest BCUT2D eigenvalue weighted by atomic mass is 9.94. The van der Waals surface area contributed by atoms with E-state index < -0.39 is 12.0 Å². The molecule has 2 aliphatic heterocycles. The van der Waals surface area contributed by atoms with Crippen LogP contribution in [0.4, 0.5) is 4.79 Å². The minimum Gasteiger partial charge on any atom is -0.462 e. The zero-order valence-electron chi connectivity index (χ0n) is 16.3. The summed E-state index contributed by atoms with van der Waals surface area (Å²) in [6.07, 6.45) is 0.621. The fourth-order valence-electron chi connectivity index (χ4n) is 3.43. The highest BCUT2D eigenvalue weighted by Gasteiger charge is 2.35. The Kier molecular flexibility index (Phi) is 5.12. The Balaban J connectivity index is 1.57. The van der Waals surface area contributed by atoms with Crippen molar-refractivity contribution >= 4 is 12.0 Å². The van der Waals surface area contributed by atoms with E-state index in [1.807, 2.05) is 36.4 Å². The van der Waals surface area contributed by atoms with Gasteiger partial charge >= 0.3 is 12.0 Å². The summed E-state index contributed by atoms with van der Waals surface area (Å²) in [4.78, 5) is 26.7. The van der Waals surface area contributed by atoms with Crippen molar-refractivity contribution < 1.29 is 23.8 Å². The van der Waals surface area contributed by atoms with Crippen LogP contribution >= 0.6 is 0 Å². The second-order valence-electron chi connectivity index (χ2n) is 6.92. The Morgan fingerprint density at radius 2 is 1.93 bits per heavy atom. The number of benzene rings is 2. The minimum absolute atomic E-state index is 0.155. The molecule has 0 saturated carbocycles. The van der Waals surface area contributed by atoms with Crippen LogP contribution in [-0.4, -0.2) is 37.3 Å². The Morgan fingerprint density at radius 3 is 2.72 bits per heavy atom. The van der Waals surface area contributed by atoms with E-state index in [1.165, 1.54) is 4.90 Å². The summed E-state index contributed by atoms with van der Waals surface area (Å²) in [7, 11) is 1.62. The summed E-state index contributed by atoms with van der Waals surface area (Å²) in [5.74, 6) is 0.777. The molecule has 2 heterocycles. The van der Waals surface area contributed by atoms with Crippen molar-refractivity contribution in [2.45, 2.75) is 19.4 Å². The lowest BCUT2D eigenvalue weighted by Gasteiger charge is -2.33. The Labute approximate surface area is 168 Å². The van der Waals surface area contributed by atoms with Gasteiger partial charge in [-0.1, -0.05) is 36.4 Å². The lowest BCUT2D eigenvalue weighted by Crippen LogP contribution is -2.46. The van der Waals surface area contributed by atoms with Crippen LogP contribution in [0.25, 0.3) is 0 Å². The number of carbonyl (C=O) groups is 2. The summed E-state index contributed by atoms with van der Waals surface area (Å²) in [6, 6.07) is 14.3. The van der Waals surface area contributed by atoms with Gasteiger partial charge in [-0.3, -0.25) is 0 Å². The number of esters is 1. The van der Waals surface area contributed by atoms with Gasteiger partial charge in [0.05, 0.1) is 18.2 Å². The fraction of sp³-hybridized carbons (Fsp3) is 0.273. The molecule has 1 atom stereocenters. The molecule has 7 nitrogen and oxygen atoms in total. The van der Waals surface area contributed by atoms with Crippen LogP contribution in [0.15, 0.2) is 59.8 Å². The van der Waals surface area contributed by atoms with E-state index in [4.69, 9.17) is 14.2 Å². The average Bonchev–Trinajstić information content (AvgIpc) is 3.20. The number of hydrogen-bond acceptors (Lipinski definition) is 5. The lowest BCUT2D eigenvalue weighted by molar-refractivity contribution is -0.139. The number of urea groups is 1. The molecule has 0 fully saturated rings. The summed E-state index contributed by atoms with van der Waals surface area (Å²) in [6.45, 7) is 2.15. The molecule has 1 N–H and O–H groups in total. The molecule has 0 saturated heterocycles. The maximum absolute atomic E-state index is 13.0. The van der Waals surface area contributed by atoms with Crippen LogP contribution < -0.4 is 14.8 Å². The maximum atomic E-state index is 13.0. The van der Waals surface area contributed by atoms with Crippen LogP contribution in [0, 0.1) is 0 Å². The quantitative estimate of drug-likeness (QED) is 0.789. The van der Waals surface area contributed by atoms with Crippen LogP contribution in [0.3, 0.4) is 0 Å². The smallest absolute Gasteiger partial charge is 0.338 e. The Bertz CT molecular complexity index is 970. The molecule has 0 aliphatic carbocycles. The molecule has 2 aromatic rings. The number of nitrogens with zero attached hydrogens (tertiary/aromatic N) is 1. The predicted octanol–water partition coefficient (Wildman–Crippen LogP) is 3.17. The monoisotopic (exact) mass is 394 g/mol. The highest BCUT2D eigenvalue weighted by molar-refractivity contribution is 5.95. The van der Waals surface area contributed by atoms with Crippen molar-refractivity contribution in [3.05, 3.63) is 70.9 Å². The van der Waals surface area contributed by atoms with Crippen LogP contribution in [0.5, 0.6) is 11.5 Å². The molecule has 2 aliphatic rings. The van der Waals surface area contributed by atoms with Gasteiger partial charge in [0.1, 0.15) is 0 Å². The molecule has 2 amide bonds. The summed E-state index contributed by atoms with van der Waals surface area (Å²) in [5.41, 5.74) is 2.78. The summed E-state index contributed by atoms with van der Waals surface area (Å²) < 4.78 is 16.3. The SMILES string of the molecule is CC1=C(C(=O)OCCc2ccccc2)[C@H](c2ccc3c(c2)OCO3)NC(=O)N1C. The predicted molar refractivity (Wildman–Crippen MR) is 105 cm³/mol. The Morgan fingerprint density at radius 1 is 1.17 bits per heavy atom. The molecule has 0 radical (unpaired) electrons. The van der Waals surface area contributed by atoms with Gasteiger partial charge in [-0.25, -0.2) is 9.59 Å². The largest absolute Gasteiger partial charge is 0.462 e. The molecular weight excluding hydrogens is 372 g/mol. The van der Waals surface area contributed by atoms with Gasteiger partial charge in [0, 0.05) is 19.2 Å². The van der Waals surface area contributed by atoms with Gasteiger partial charge in [0.15, 0.2) is 11.5 Å². The average molecular weight is 394 g/mol. The number of fused-ring (bicyclic) bond motifs is 1. The second kappa shape index (κ2) is 7.87. The first-order chi connectivity index (χ1) is 14.0. The van der Waals surface area contributed by atoms with E-state index >= 15 is 0 Å². The molecule has 0 unspecified atom stereocenters. The molecule has 0 aromatic heterocycles. The third kappa shape index (κ3) is 3.76. The van der Waals surface area contributed by atoms with Gasteiger partial charge in [-0.15, -0.1) is 0 Å². The third-order valence-corrected chi connectivity index (χ3v) is 5.17. The van der Waals surface area contributed by atoms with Crippen molar-refractivity contribution in [3.63, 3.8) is 0 Å². The normalized spacial score (nSPS) is 17.9. The van der Waals surface area contributed by atoms with Crippen molar-refractivity contribution in [1.29, 1.82) is 0 Å². The number of rotatable bonds is 5. The first-order valence-electron chi connectivity index (χ1n) is 9.40. The molecule has 4 rings (SSSR count). The van der Waals surface area contributed by atoms with Crippen molar-refractivity contribution in [3.8, 4) is 11.5 Å². The Hall–Kier alpha value is -3.48. The first kappa shape index (κ1) is 18.9. The standard InChI is InChI=1S/C22H22N2O5/c1-14-19(21(25)27-11-10-15-6-4-3-5-7-15)20(23-22(26)24(14)2)16-8-9-17-18(12-16)29-13-28-17/h3-9,12,20H,10-11,13H2,1-2H3,(H,23,26)/t20-/m0/s1. The summed E-state index contributed by atoms with van der Waals surface area (Å²) >= 11 is 0. The molecule has 7 heteroatoms. The van der Waals surface area contributed by atoms with Crippen molar-refractivity contribution in [2.24, 2.45) is 0 Å². The van der Waals surface area contributed by atoms with Crippen LogP contribution in [0.1, 0.15) is 24.1 Å². The van der Waals surface area contributed by atoms with Gasteiger partial charge in [0.25, 0.3) is 0 Å². The number of allylic oxidation sites excluding steroid dienone is 1. The first-order valence-corrected chi connectivity index (χ1v) is 9.40.